The van der Waals surface area contributed by atoms with Crippen LogP contribution in [0.2, 0.25) is 0 Å². The number of unbranched alkanes of at least 4 members (excludes halogenated alkanes) is 2. The van der Waals surface area contributed by atoms with Crippen LogP contribution in [0.1, 0.15) is 26.2 Å². The van der Waals surface area contributed by atoms with E-state index in [2.05, 4.69) is 22.5 Å². The molecule has 1 aromatic rings. The van der Waals surface area contributed by atoms with E-state index in [1.807, 2.05) is 30.3 Å². The van der Waals surface area contributed by atoms with Gasteiger partial charge in [-0.25, -0.2) is 0 Å². The highest BCUT2D eigenvalue weighted by Crippen LogP contribution is 2.07. The topological polar surface area (TPSA) is 54.9 Å². The van der Waals surface area contributed by atoms with Gasteiger partial charge in [0, 0.05) is 26.8 Å². The maximum absolute atomic E-state index is 5.65. The zero-order chi connectivity index (χ0) is 15.9. The van der Waals surface area contributed by atoms with Crippen LogP contribution in [-0.2, 0) is 4.74 Å². The summed E-state index contributed by atoms with van der Waals surface area (Å²) in [6, 6.07) is 9.84. The van der Waals surface area contributed by atoms with Crippen molar-refractivity contribution in [3.05, 3.63) is 30.3 Å². The third-order valence-corrected chi connectivity index (χ3v) is 3.03. The van der Waals surface area contributed by atoms with Gasteiger partial charge in [-0.1, -0.05) is 18.2 Å². The lowest BCUT2D eigenvalue weighted by Gasteiger charge is -2.12. The average molecular weight is 307 g/mol. The molecule has 0 spiro atoms. The molecule has 124 valence electrons. The van der Waals surface area contributed by atoms with Crippen molar-refractivity contribution in [2.75, 3.05) is 40.0 Å². The van der Waals surface area contributed by atoms with E-state index in [4.69, 9.17) is 9.47 Å². The molecule has 0 heterocycles. The molecule has 0 fully saturated rings. The molecule has 1 rings (SSSR count). The van der Waals surface area contributed by atoms with Crippen molar-refractivity contribution in [3.8, 4) is 5.75 Å². The largest absolute Gasteiger partial charge is 0.492 e. The fraction of sp³-hybridized carbons (Fsp3) is 0.588. The van der Waals surface area contributed by atoms with Crippen LogP contribution in [0.4, 0.5) is 0 Å². The molecule has 22 heavy (non-hydrogen) atoms. The highest BCUT2D eigenvalue weighted by atomic mass is 16.5. The number of guanidine groups is 1. The molecular weight excluding hydrogens is 278 g/mol. The Bertz CT molecular complexity index is 396. The van der Waals surface area contributed by atoms with Crippen molar-refractivity contribution in [2.45, 2.75) is 26.2 Å². The standard InChI is InChI=1S/C17H29N3O2/c1-3-18-17(19-12-8-5-9-14-21-2)20-13-15-22-16-10-6-4-7-11-16/h4,6-7,10-11H,3,5,8-9,12-15H2,1-2H3,(H2,18,19,20). The predicted octanol–water partition coefficient (Wildman–Crippen LogP) is 2.44. The highest BCUT2D eigenvalue weighted by molar-refractivity contribution is 5.79. The van der Waals surface area contributed by atoms with E-state index >= 15 is 0 Å². The van der Waals surface area contributed by atoms with Gasteiger partial charge < -0.3 is 20.1 Å². The molecule has 0 saturated heterocycles. The Morgan fingerprint density at radius 1 is 1.05 bits per heavy atom. The van der Waals surface area contributed by atoms with Gasteiger partial charge in [0.1, 0.15) is 12.4 Å². The molecule has 0 aliphatic rings. The van der Waals surface area contributed by atoms with E-state index in [0.29, 0.717) is 6.61 Å². The van der Waals surface area contributed by atoms with Gasteiger partial charge in [0.2, 0.25) is 0 Å². The maximum atomic E-state index is 5.65. The van der Waals surface area contributed by atoms with Gasteiger partial charge in [0.25, 0.3) is 0 Å². The smallest absolute Gasteiger partial charge is 0.191 e. The number of ether oxygens (including phenoxy) is 2. The summed E-state index contributed by atoms with van der Waals surface area (Å²) in [7, 11) is 1.74. The van der Waals surface area contributed by atoms with Crippen molar-refractivity contribution in [3.63, 3.8) is 0 Å². The number of hydrogen-bond donors (Lipinski definition) is 2. The van der Waals surface area contributed by atoms with Gasteiger partial charge in [-0.15, -0.1) is 0 Å². The molecule has 0 bridgehead atoms. The van der Waals surface area contributed by atoms with Gasteiger partial charge in [0.15, 0.2) is 5.96 Å². The molecule has 0 atom stereocenters. The summed E-state index contributed by atoms with van der Waals surface area (Å²) in [5.74, 6) is 1.75. The second-order valence-corrected chi connectivity index (χ2v) is 4.90. The van der Waals surface area contributed by atoms with Crippen LogP contribution in [0.3, 0.4) is 0 Å². The number of rotatable bonds is 11. The summed E-state index contributed by atoms with van der Waals surface area (Å²) < 4.78 is 10.7. The summed E-state index contributed by atoms with van der Waals surface area (Å²) in [4.78, 5) is 4.55. The van der Waals surface area contributed by atoms with Gasteiger partial charge in [-0.3, -0.25) is 4.99 Å². The molecule has 0 unspecified atom stereocenters. The lowest BCUT2D eigenvalue weighted by molar-refractivity contribution is 0.192. The van der Waals surface area contributed by atoms with E-state index in [1.54, 1.807) is 7.11 Å². The van der Waals surface area contributed by atoms with E-state index in [9.17, 15) is 0 Å². The van der Waals surface area contributed by atoms with E-state index in [-0.39, 0.29) is 0 Å². The first-order valence-corrected chi connectivity index (χ1v) is 8.05. The van der Waals surface area contributed by atoms with Gasteiger partial charge in [-0.05, 0) is 38.3 Å². The normalized spacial score (nSPS) is 11.3. The van der Waals surface area contributed by atoms with Crippen molar-refractivity contribution in [1.29, 1.82) is 0 Å². The number of aliphatic imine (C=N–C) groups is 1. The highest BCUT2D eigenvalue weighted by Gasteiger charge is 1.97. The number of para-hydroxylation sites is 1. The Morgan fingerprint density at radius 2 is 1.86 bits per heavy atom. The Labute approximate surface area is 134 Å². The van der Waals surface area contributed by atoms with Crippen molar-refractivity contribution in [2.24, 2.45) is 4.99 Å². The molecular formula is C17H29N3O2. The van der Waals surface area contributed by atoms with Crippen molar-refractivity contribution >= 4 is 5.96 Å². The number of nitrogens with one attached hydrogen (secondary N) is 2. The molecule has 0 radical (unpaired) electrons. The van der Waals surface area contributed by atoms with Crippen LogP contribution in [0, 0.1) is 0 Å². The molecule has 0 aromatic heterocycles. The molecule has 0 amide bonds. The zero-order valence-corrected chi connectivity index (χ0v) is 13.8. The molecule has 2 N–H and O–H groups in total. The van der Waals surface area contributed by atoms with Gasteiger partial charge in [-0.2, -0.15) is 0 Å². The molecule has 0 aliphatic carbocycles. The number of nitrogens with zero attached hydrogens (tertiary/aromatic N) is 1. The summed E-state index contributed by atoms with van der Waals surface area (Å²) in [6.07, 6.45) is 3.33. The SMILES string of the molecule is CCNC(=NCCCCCOC)NCCOc1ccccc1. The van der Waals surface area contributed by atoms with Gasteiger partial charge >= 0.3 is 0 Å². The summed E-state index contributed by atoms with van der Waals surface area (Å²) in [6.45, 7) is 5.93. The second kappa shape index (κ2) is 13.0. The average Bonchev–Trinajstić information content (AvgIpc) is 2.55. The van der Waals surface area contributed by atoms with Crippen molar-refractivity contribution in [1.82, 2.24) is 10.6 Å². The predicted molar refractivity (Wildman–Crippen MR) is 91.6 cm³/mol. The molecule has 5 heteroatoms. The third-order valence-electron chi connectivity index (χ3n) is 3.03. The fourth-order valence-electron chi connectivity index (χ4n) is 1.92. The first-order valence-electron chi connectivity index (χ1n) is 8.05. The van der Waals surface area contributed by atoms with Crippen molar-refractivity contribution < 1.29 is 9.47 Å². The maximum Gasteiger partial charge on any atom is 0.191 e. The second-order valence-electron chi connectivity index (χ2n) is 4.90. The minimum atomic E-state index is 0.613. The minimum absolute atomic E-state index is 0.613. The Kier molecular flexibility index (Phi) is 10.8. The Morgan fingerprint density at radius 3 is 2.59 bits per heavy atom. The first-order chi connectivity index (χ1) is 10.9. The van der Waals surface area contributed by atoms with Crippen LogP contribution >= 0.6 is 0 Å². The van der Waals surface area contributed by atoms with Crippen LogP contribution in [0.25, 0.3) is 0 Å². The quantitative estimate of drug-likeness (QED) is 0.374. The summed E-state index contributed by atoms with van der Waals surface area (Å²) in [5, 5.41) is 6.52. The lowest BCUT2D eigenvalue weighted by Crippen LogP contribution is -2.39. The number of hydrogen-bond acceptors (Lipinski definition) is 3. The van der Waals surface area contributed by atoms with Crippen LogP contribution in [0.5, 0.6) is 5.75 Å². The Hall–Kier alpha value is -1.75. The molecule has 0 saturated carbocycles. The third kappa shape index (κ3) is 9.23. The zero-order valence-electron chi connectivity index (χ0n) is 13.8. The molecule has 0 aliphatic heterocycles. The molecule has 1 aromatic carbocycles. The number of benzene rings is 1. The van der Waals surface area contributed by atoms with E-state index < -0.39 is 0 Å². The van der Waals surface area contributed by atoms with E-state index in [0.717, 1.165) is 57.2 Å². The van der Waals surface area contributed by atoms with Crippen LogP contribution in [0.15, 0.2) is 35.3 Å². The summed E-state index contributed by atoms with van der Waals surface area (Å²) in [5.41, 5.74) is 0. The monoisotopic (exact) mass is 307 g/mol. The fourth-order valence-corrected chi connectivity index (χ4v) is 1.92. The first kappa shape index (κ1) is 18.3. The lowest BCUT2D eigenvalue weighted by atomic mass is 10.2. The van der Waals surface area contributed by atoms with E-state index in [1.165, 1.54) is 0 Å². The molecule has 5 nitrogen and oxygen atoms in total. The number of methoxy groups -OCH3 is 1. The summed E-state index contributed by atoms with van der Waals surface area (Å²) >= 11 is 0. The van der Waals surface area contributed by atoms with Crippen LogP contribution < -0.4 is 15.4 Å². The van der Waals surface area contributed by atoms with Gasteiger partial charge in [0.05, 0.1) is 6.54 Å². The minimum Gasteiger partial charge on any atom is -0.492 e. The van der Waals surface area contributed by atoms with Crippen LogP contribution in [-0.4, -0.2) is 45.9 Å². The Balaban J connectivity index is 2.16.